The van der Waals surface area contributed by atoms with Crippen LogP contribution in [0.4, 0.5) is 5.69 Å². The van der Waals surface area contributed by atoms with Gasteiger partial charge in [-0.25, -0.2) is 0 Å². The summed E-state index contributed by atoms with van der Waals surface area (Å²) in [6.07, 6.45) is 0. The minimum absolute atomic E-state index is 0.0545. The minimum atomic E-state index is -1.27. The zero-order valence-electron chi connectivity index (χ0n) is 18.0. The second kappa shape index (κ2) is 9.45. The number of ether oxygens (including phenoxy) is 2. The molecule has 2 rings (SSSR count). The highest BCUT2D eigenvalue weighted by Gasteiger charge is 2.40. The van der Waals surface area contributed by atoms with E-state index in [1.165, 1.54) is 7.11 Å². The van der Waals surface area contributed by atoms with Crippen molar-refractivity contribution in [1.82, 2.24) is 4.90 Å². The van der Waals surface area contributed by atoms with Crippen LogP contribution < -0.4 is 14.8 Å². The van der Waals surface area contributed by atoms with Crippen molar-refractivity contribution in [2.24, 2.45) is 5.41 Å². The fraction of sp³-hybridized carbons (Fsp3) is 0.391. The molecule has 0 heterocycles. The average molecular weight is 399 g/mol. The number of hydrogen-bond acceptors (Lipinski definition) is 4. The maximum absolute atomic E-state index is 13.3. The van der Waals surface area contributed by atoms with Gasteiger partial charge in [-0.2, -0.15) is 0 Å². The van der Waals surface area contributed by atoms with Crippen LogP contribution in [0.3, 0.4) is 0 Å². The fourth-order valence-corrected chi connectivity index (χ4v) is 2.92. The van der Waals surface area contributed by atoms with Crippen LogP contribution in [0, 0.1) is 5.41 Å². The molecule has 2 aromatic rings. The van der Waals surface area contributed by atoms with Crippen molar-refractivity contribution in [3.05, 3.63) is 54.1 Å². The monoisotopic (exact) mass is 398 g/mol. The van der Waals surface area contributed by atoms with E-state index in [2.05, 4.69) is 5.32 Å². The number of hydrogen-bond donors (Lipinski definition) is 1. The normalized spacial score (nSPS) is 11.1. The summed E-state index contributed by atoms with van der Waals surface area (Å²) in [5.41, 5.74) is 0.199. The van der Waals surface area contributed by atoms with Crippen LogP contribution in [0.25, 0.3) is 0 Å². The Morgan fingerprint density at radius 1 is 1.03 bits per heavy atom. The molecule has 0 aliphatic heterocycles. The van der Waals surface area contributed by atoms with E-state index in [0.717, 1.165) is 5.56 Å². The van der Waals surface area contributed by atoms with Gasteiger partial charge in [0.15, 0.2) is 0 Å². The quantitative estimate of drug-likeness (QED) is 0.680. The number of carbonyl (C=O) groups is 2. The molecule has 0 aliphatic rings. The first kappa shape index (κ1) is 22.3. The van der Waals surface area contributed by atoms with Gasteiger partial charge in [0.25, 0.3) is 0 Å². The van der Waals surface area contributed by atoms with Crippen LogP contribution in [0.5, 0.6) is 11.5 Å². The maximum Gasteiger partial charge on any atom is 0.239 e. The number of nitrogens with one attached hydrogen (secondary N) is 1. The molecule has 156 valence electrons. The Morgan fingerprint density at radius 3 is 2.24 bits per heavy atom. The highest BCUT2D eigenvalue weighted by Crippen LogP contribution is 2.31. The highest BCUT2D eigenvalue weighted by atomic mass is 16.5. The third-order valence-electron chi connectivity index (χ3n) is 4.84. The predicted molar refractivity (Wildman–Crippen MR) is 114 cm³/mol. The summed E-state index contributed by atoms with van der Waals surface area (Å²) in [5.74, 6) is 0.425. The summed E-state index contributed by atoms with van der Waals surface area (Å²) in [5, 5.41) is 2.82. The first-order valence-corrected chi connectivity index (χ1v) is 9.59. The van der Waals surface area contributed by atoms with Gasteiger partial charge in [0.05, 0.1) is 19.9 Å². The summed E-state index contributed by atoms with van der Waals surface area (Å²) in [7, 11) is 3.07. The largest absolute Gasteiger partial charge is 0.497 e. The molecule has 1 N–H and O–H groups in total. The summed E-state index contributed by atoms with van der Waals surface area (Å²) >= 11 is 0. The van der Waals surface area contributed by atoms with Gasteiger partial charge in [0.1, 0.15) is 16.9 Å². The first-order valence-electron chi connectivity index (χ1n) is 9.59. The van der Waals surface area contributed by atoms with Gasteiger partial charge >= 0.3 is 0 Å². The van der Waals surface area contributed by atoms with Crippen LogP contribution in [0.15, 0.2) is 48.5 Å². The Bertz CT molecular complexity index is 847. The smallest absolute Gasteiger partial charge is 0.239 e. The van der Waals surface area contributed by atoms with E-state index in [1.807, 2.05) is 44.2 Å². The van der Waals surface area contributed by atoms with Crippen molar-refractivity contribution in [3.63, 3.8) is 0 Å². The number of amides is 2. The number of nitrogens with zero attached hydrogens (tertiary/aromatic N) is 1. The molecular formula is C23H30N2O4. The van der Waals surface area contributed by atoms with E-state index in [4.69, 9.17) is 9.47 Å². The topological polar surface area (TPSA) is 67.9 Å². The zero-order valence-corrected chi connectivity index (χ0v) is 18.0. The van der Waals surface area contributed by atoms with Crippen LogP contribution in [-0.2, 0) is 16.1 Å². The third-order valence-corrected chi connectivity index (χ3v) is 4.84. The molecule has 29 heavy (non-hydrogen) atoms. The van der Waals surface area contributed by atoms with Gasteiger partial charge in [0, 0.05) is 18.7 Å². The molecule has 0 radical (unpaired) electrons. The van der Waals surface area contributed by atoms with Gasteiger partial charge in [-0.3, -0.25) is 9.59 Å². The molecule has 0 aliphatic carbocycles. The summed E-state index contributed by atoms with van der Waals surface area (Å²) in [4.78, 5) is 28.1. The molecule has 6 heteroatoms. The third kappa shape index (κ3) is 5.28. The van der Waals surface area contributed by atoms with E-state index < -0.39 is 11.3 Å². The lowest BCUT2D eigenvalue weighted by molar-refractivity contribution is -0.148. The van der Waals surface area contributed by atoms with Crippen molar-refractivity contribution in [1.29, 1.82) is 0 Å². The first-order chi connectivity index (χ1) is 13.7. The Labute approximate surface area is 172 Å². The Kier molecular flexibility index (Phi) is 7.26. The molecule has 0 bridgehead atoms. The lowest BCUT2D eigenvalue weighted by atomic mass is 9.89. The number of methoxy groups -OCH3 is 2. The summed E-state index contributed by atoms with van der Waals surface area (Å²) < 4.78 is 10.5. The number of benzene rings is 2. The fourth-order valence-electron chi connectivity index (χ4n) is 2.92. The molecule has 0 saturated heterocycles. The van der Waals surface area contributed by atoms with Gasteiger partial charge in [-0.15, -0.1) is 0 Å². The van der Waals surface area contributed by atoms with Crippen LogP contribution in [0.1, 0.15) is 33.3 Å². The molecule has 0 atom stereocenters. The Hall–Kier alpha value is -3.02. The van der Waals surface area contributed by atoms with Crippen molar-refractivity contribution in [3.8, 4) is 11.5 Å². The number of anilines is 1. The van der Waals surface area contributed by atoms with Crippen LogP contribution in [-0.4, -0.2) is 37.0 Å². The standard InChI is InChI=1S/C23H30N2O4/c1-16(2)25(15-17-10-8-7-9-11-17)22(27)23(3,4)21(26)24-19-14-18(28-5)12-13-20(19)29-6/h7-14,16H,15H2,1-6H3,(H,24,26). The second-order valence-corrected chi connectivity index (χ2v) is 7.66. The molecule has 2 aromatic carbocycles. The molecule has 0 spiro atoms. The number of carbonyl (C=O) groups excluding carboxylic acids is 2. The van der Waals surface area contributed by atoms with E-state index in [9.17, 15) is 9.59 Å². The van der Waals surface area contributed by atoms with Crippen molar-refractivity contribution in [2.45, 2.75) is 40.3 Å². The zero-order chi connectivity index (χ0) is 21.6. The van der Waals surface area contributed by atoms with E-state index >= 15 is 0 Å². The average Bonchev–Trinajstić information content (AvgIpc) is 2.71. The molecule has 0 unspecified atom stereocenters. The maximum atomic E-state index is 13.3. The lowest BCUT2D eigenvalue weighted by Crippen LogP contribution is -2.49. The van der Waals surface area contributed by atoms with Gasteiger partial charge in [-0.1, -0.05) is 30.3 Å². The molecule has 2 amide bonds. The molecule has 0 saturated carbocycles. The molecule has 0 fully saturated rings. The SMILES string of the molecule is COc1ccc(OC)c(NC(=O)C(C)(C)C(=O)N(Cc2ccccc2)C(C)C)c1. The van der Waals surface area contributed by atoms with Crippen molar-refractivity contribution < 1.29 is 19.1 Å². The summed E-state index contributed by atoms with van der Waals surface area (Å²) in [6.45, 7) is 7.60. The molecule has 6 nitrogen and oxygen atoms in total. The predicted octanol–water partition coefficient (Wildman–Crippen LogP) is 4.11. The van der Waals surface area contributed by atoms with E-state index in [1.54, 1.807) is 44.1 Å². The van der Waals surface area contributed by atoms with Crippen molar-refractivity contribution in [2.75, 3.05) is 19.5 Å². The lowest BCUT2D eigenvalue weighted by Gasteiger charge is -2.34. The number of rotatable bonds is 8. The van der Waals surface area contributed by atoms with Gasteiger partial charge < -0.3 is 19.7 Å². The van der Waals surface area contributed by atoms with E-state index in [-0.39, 0.29) is 11.9 Å². The molecular weight excluding hydrogens is 368 g/mol. The van der Waals surface area contributed by atoms with E-state index in [0.29, 0.717) is 23.7 Å². The van der Waals surface area contributed by atoms with Crippen LogP contribution in [0.2, 0.25) is 0 Å². The minimum Gasteiger partial charge on any atom is -0.497 e. The Balaban J connectivity index is 2.25. The molecule has 0 aromatic heterocycles. The van der Waals surface area contributed by atoms with Gasteiger partial charge in [-0.05, 0) is 45.4 Å². The highest BCUT2D eigenvalue weighted by molar-refractivity contribution is 6.10. The Morgan fingerprint density at radius 2 is 1.69 bits per heavy atom. The van der Waals surface area contributed by atoms with Gasteiger partial charge in [0.2, 0.25) is 11.8 Å². The van der Waals surface area contributed by atoms with Crippen molar-refractivity contribution >= 4 is 17.5 Å². The van der Waals surface area contributed by atoms with Crippen LogP contribution >= 0.6 is 0 Å². The summed E-state index contributed by atoms with van der Waals surface area (Å²) in [6, 6.07) is 14.8. The second-order valence-electron chi connectivity index (χ2n) is 7.66.